The van der Waals surface area contributed by atoms with E-state index < -0.39 is 6.10 Å². The minimum absolute atomic E-state index is 0.347. The number of nitrogens with one attached hydrogen (secondary N) is 1. The summed E-state index contributed by atoms with van der Waals surface area (Å²) in [6.07, 6.45) is 0.854. The van der Waals surface area contributed by atoms with Gasteiger partial charge in [0.05, 0.1) is 6.21 Å². The number of hydrogen-bond acceptors (Lipinski definition) is 3. The summed E-state index contributed by atoms with van der Waals surface area (Å²) < 4.78 is 5.49. The van der Waals surface area contributed by atoms with E-state index in [0.29, 0.717) is 15.8 Å². The van der Waals surface area contributed by atoms with Gasteiger partial charge in [0, 0.05) is 10.0 Å². The molecule has 0 heterocycles. The number of hydrazone groups is 1. The summed E-state index contributed by atoms with van der Waals surface area (Å²) in [6.45, 7) is 1.64. The number of carbonyl (C=O) groups excluding carboxylic acids is 1. The quantitative estimate of drug-likeness (QED) is 0.664. The molecule has 0 saturated carbocycles. The van der Waals surface area contributed by atoms with E-state index in [0.717, 1.165) is 5.56 Å². The zero-order valence-corrected chi connectivity index (χ0v) is 13.3. The van der Waals surface area contributed by atoms with E-state index in [9.17, 15) is 4.79 Å². The highest BCUT2D eigenvalue weighted by atomic mass is 35.5. The average molecular weight is 337 g/mol. The van der Waals surface area contributed by atoms with Crippen LogP contribution in [-0.2, 0) is 4.79 Å². The van der Waals surface area contributed by atoms with Crippen molar-refractivity contribution in [3.05, 3.63) is 64.1 Å². The summed E-state index contributed by atoms with van der Waals surface area (Å²) in [7, 11) is 0. The molecule has 1 N–H and O–H groups in total. The van der Waals surface area contributed by atoms with Gasteiger partial charge < -0.3 is 4.74 Å². The number of benzene rings is 2. The van der Waals surface area contributed by atoms with Crippen molar-refractivity contribution >= 4 is 35.3 Å². The molecule has 0 bridgehead atoms. The lowest BCUT2D eigenvalue weighted by atomic mass is 10.2. The topological polar surface area (TPSA) is 50.7 Å². The van der Waals surface area contributed by atoms with Gasteiger partial charge in [0.15, 0.2) is 6.10 Å². The first-order valence-corrected chi connectivity index (χ1v) is 7.31. The fraction of sp³-hybridized carbons (Fsp3) is 0.125. The van der Waals surface area contributed by atoms with Crippen molar-refractivity contribution in [2.24, 2.45) is 5.10 Å². The summed E-state index contributed by atoms with van der Waals surface area (Å²) in [5.41, 5.74) is 3.25. The average Bonchev–Trinajstić information content (AvgIpc) is 2.51. The molecule has 0 aliphatic heterocycles. The summed E-state index contributed by atoms with van der Waals surface area (Å²) in [5, 5.41) is 5.13. The van der Waals surface area contributed by atoms with Crippen LogP contribution in [0.4, 0.5) is 0 Å². The Bertz CT molecular complexity index is 655. The van der Waals surface area contributed by atoms with Gasteiger partial charge >= 0.3 is 0 Å². The number of carbonyl (C=O) groups is 1. The predicted molar refractivity (Wildman–Crippen MR) is 88.7 cm³/mol. The van der Waals surface area contributed by atoms with Gasteiger partial charge in [0.1, 0.15) is 5.75 Å². The molecule has 0 saturated heterocycles. The molecule has 22 heavy (non-hydrogen) atoms. The Kier molecular flexibility index (Phi) is 5.81. The Morgan fingerprint density at radius 3 is 2.23 bits per heavy atom. The van der Waals surface area contributed by atoms with E-state index in [1.165, 1.54) is 6.21 Å². The predicted octanol–water partition coefficient (Wildman–Crippen LogP) is 3.91. The number of hydrogen-bond donors (Lipinski definition) is 1. The SMILES string of the molecule is C[C@@H](Oc1ccc(Cl)cc1)C(=O)N/N=C\c1ccc(Cl)cc1. The van der Waals surface area contributed by atoms with Crippen molar-refractivity contribution < 1.29 is 9.53 Å². The third-order valence-corrected chi connectivity index (χ3v) is 3.26. The third kappa shape index (κ3) is 5.06. The molecule has 1 atom stereocenters. The van der Waals surface area contributed by atoms with Crippen LogP contribution in [0.5, 0.6) is 5.75 Å². The zero-order valence-electron chi connectivity index (χ0n) is 11.8. The Labute approximate surface area is 138 Å². The molecule has 0 aromatic heterocycles. The molecule has 4 nitrogen and oxygen atoms in total. The lowest BCUT2D eigenvalue weighted by molar-refractivity contribution is -0.127. The van der Waals surface area contributed by atoms with Crippen LogP contribution >= 0.6 is 23.2 Å². The normalized spacial score (nSPS) is 12.1. The second-order valence-corrected chi connectivity index (χ2v) is 5.37. The highest BCUT2D eigenvalue weighted by molar-refractivity contribution is 6.30. The van der Waals surface area contributed by atoms with E-state index in [4.69, 9.17) is 27.9 Å². The Morgan fingerprint density at radius 2 is 1.64 bits per heavy atom. The first-order valence-electron chi connectivity index (χ1n) is 6.55. The van der Waals surface area contributed by atoms with Crippen LogP contribution in [0, 0.1) is 0 Å². The zero-order chi connectivity index (χ0) is 15.9. The number of rotatable bonds is 5. The summed E-state index contributed by atoms with van der Waals surface area (Å²) in [5.74, 6) is 0.217. The van der Waals surface area contributed by atoms with Gasteiger partial charge in [-0.1, -0.05) is 35.3 Å². The van der Waals surface area contributed by atoms with Crippen LogP contribution in [0.25, 0.3) is 0 Å². The van der Waals surface area contributed by atoms with E-state index in [1.54, 1.807) is 55.5 Å². The Morgan fingerprint density at radius 1 is 1.09 bits per heavy atom. The fourth-order valence-corrected chi connectivity index (χ4v) is 1.83. The molecule has 0 aliphatic carbocycles. The van der Waals surface area contributed by atoms with Crippen molar-refractivity contribution in [1.29, 1.82) is 0 Å². The molecular formula is C16H14Cl2N2O2. The number of nitrogens with zero attached hydrogens (tertiary/aromatic N) is 1. The van der Waals surface area contributed by atoms with E-state index in [-0.39, 0.29) is 5.91 Å². The lowest BCUT2D eigenvalue weighted by Crippen LogP contribution is -2.33. The smallest absolute Gasteiger partial charge is 0.280 e. The molecule has 2 aromatic rings. The van der Waals surface area contributed by atoms with Gasteiger partial charge in [-0.3, -0.25) is 4.79 Å². The van der Waals surface area contributed by atoms with Crippen molar-refractivity contribution in [2.45, 2.75) is 13.0 Å². The summed E-state index contributed by atoms with van der Waals surface area (Å²) >= 11 is 11.6. The monoisotopic (exact) mass is 336 g/mol. The van der Waals surface area contributed by atoms with Crippen LogP contribution in [0.3, 0.4) is 0 Å². The molecule has 1 amide bonds. The molecule has 114 valence electrons. The van der Waals surface area contributed by atoms with E-state index >= 15 is 0 Å². The highest BCUT2D eigenvalue weighted by Crippen LogP contribution is 2.16. The van der Waals surface area contributed by atoms with Crippen LogP contribution in [0.2, 0.25) is 10.0 Å². The second-order valence-electron chi connectivity index (χ2n) is 4.50. The van der Waals surface area contributed by atoms with Crippen LogP contribution in [-0.4, -0.2) is 18.2 Å². The van der Waals surface area contributed by atoms with Gasteiger partial charge in [-0.2, -0.15) is 5.10 Å². The third-order valence-electron chi connectivity index (χ3n) is 2.75. The molecule has 2 rings (SSSR count). The highest BCUT2D eigenvalue weighted by Gasteiger charge is 2.13. The first kappa shape index (κ1) is 16.3. The molecule has 0 spiro atoms. The van der Waals surface area contributed by atoms with Crippen molar-refractivity contribution in [1.82, 2.24) is 5.43 Å². The minimum atomic E-state index is -0.677. The number of amides is 1. The maximum atomic E-state index is 11.9. The molecule has 0 unspecified atom stereocenters. The van der Waals surface area contributed by atoms with E-state index in [1.807, 2.05) is 0 Å². The lowest BCUT2D eigenvalue weighted by Gasteiger charge is -2.12. The molecule has 0 aliphatic rings. The van der Waals surface area contributed by atoms with E-state index in [2.05, 4.69) is 10.5 Å². The number of ether oxygens (including phenoxy) is 1. The van der Waals surface area contributed by atoms with Gasteiger partial charge in [-0.15, -0.1) is 0 Å². The Hall–Kier alpha value is -2.04. The van der Waals surface area contributed by atoms with Crippen LogP contribution in [0.15, 0.2) is 53.6 Å². The molecule has 6 heteroatoms. The second kappa shape index (κ2) is 7.82. The Balaban J connectivity index is 1.85. The van der Waals surface area contributed by atoms with Gasteiger partial charge in [-0.25, -0.2) is 5.43 Å². The van der Waals surface area contributed by atoms with Gasteiger partial charge in [0.2, 0.25) is 0 Å². The van der Waals surface area contributed by atoms with Crippen molar-refractivity contribution in [3.63, 3.8) is 0 Å². The maximum Gasteiger partial charge on any atom is 0.280 e. The molecule has 0 fully saturated rings. The fourth-order valence-electron chi connectivity index (χ4n) is 1.58. The first-order chi connectivity index (χ1) is 10.5. The summed E-state index contributed by atoms with van der Waals surface area (Å²) in [6, 6.07) is 13.9. The van der Waals surface area contributed by atoms with Gasteiger partial charge in [0.25, 0.3) is 5.91 Å². The van der Waals surface area contributed by atoms with Crippen molar-refractivity contribution in [2.75, 3.05) is 0 Å². The summed E-state index contributed by atoms with van der Waals surface area (Å²) in [4.78, 5) is 11.9. The van der Waals surface area contributed by atoms with Crippen LogP contribution in [0.1, 0.15) is 12.5 Å². The van der Waals surface area contributed by atoms with Crippen LogP contribution < -0.4 is 10.2 Å². The minimum Gasteiger partial charge on any atom is -0.481 e. The molecule has 2 aromatic carbocycles. The van der Waals surface area contributed by atoms with Gasteiger partial charge in [-0.05, 0) is 48.9 Å². The largest absolute Gasteiger partial charge is 0.481 e. The number of halogens is 2. The maximum absolute atomic E-state index is 11.9. The molecular weight excluding hydrogens is 323 g/mol. The molecule has 0 radical (unpaired) electrons. The van der Waals surface area contributed by atoms with Crippen molar-refractivity contribution in [3.8, 4) is 5.75 Å². The standard InChI is InChI=1S/C16H14Cl2N2O2/c1-11(22-15-8-6-14(18)7-9-15)16(21)20-19-10-12-2-4-13(17)5-3-12/h2-11H,1H3,(H,20,21)/b19-10-/t11-/m1/s1.